The van der Waals surface area contributed by atoms with Gasteiger partial charge in [-0.2, -0.15) is 4.98 Å². The zero-order valence-electron chi connectivity index (χ0n) is 21.4. The van der Waals surface area contributed by atoms with E-state index in [1.165, 1.54) is 11.8 Å². The van der Waals surface area contributed by atoms with Gasteiger partial charge in [0.1, 0.15) is 10.8 Å². The molecule has 8 nitrogen and oxygen atoms in total. The fraction of sp³-hybridized carbons (Fsp3) is 0.241. The number of amides is 1. The number of rotatable bonds is 8. The second-order valence-electron chi connectivity index (χ2n) is 8.91. The number of ether oxygens (including phenoxy) is 2. The highest BCUT2D eigenvalue weighted by Crippen LogP contribution is 2.42. The first-order valence-electron chi connectivity index (χ1n) is 12.3. The Hall–Kier alpha value is -3.95. The van der Waals surface area contributed by atoms with Gasteiger partial charge in [0.2, 0.25) is 11.8 Å². The molecule has 0 atom stereocenters. The van der Waals surface area contributed by atoms with E-state index in [4.69, 9.17) is 19.4 Å². The smallest absolute Gasteiger partial charge is 0.234 e. The van der Waals surface area contributed by atoms with E-state index in [0.29, 0.717) is 46.8 Å². The van der Waals surface area contributed by atoms with Crippen LogP contribution in [0, 0.1) is 13.8 Å². The number of hydrogen-bond acceptors (Lipinski definition) is 8. The Balaban J connectivity index is 1.43. The first-order valence-corrected chi connectivity index (χ1v) is 13.3. The van der Waals surface area contributed by atoms with Gasteiger partial charge in [-0.05, 0) is 45.0 Å². The molecule has 0 unspecified atom stereocenters. The van der Waals surface area contributed by atoms with Crippen LogP contribution in [0.4, 0.5) is 5.69 Å². The summed E-state index contributed by atoms with van der Waals surface area (Å²) in [5.41, 5.74) is 5.75. The predicted molar refractivity (Wildman–Crippen MR) is 147 cm³/mol. The molecule has 9 heteroatoms. The number of carbonyl (C=O) groups is 1. The molecule has 0 spiro atoms. The highest BCUT2D eigenvalue weighted by Gasteiger charge is 2.28. The largest absolute Gasteiger partial charge is 0.494 e. The Morgan fingerprint density at radius 3 is 2.55 bits per heavy atom. The lowest BCUT2D eigenvalue weighted by Gasteiger charge is -2.24. The summed E-state index contributed by atoms with van der Waals surface area (Å²) >= 11 is 1.33. The zero-order chi connectivity index (χ0) is 26.6. The van der Waals surface area contributed by atoms with Crippen molar-refractivity contribution >= 4 is 23.4 Å². The molecule has 2 aromatic carbocycles. The molecule has 0 fully saturated rings. The van der Waals surface area contributed by atoms with Crippen molar-refractivity contribution in [3.05, 3.63) is 82.7 Å². The normalized spacial score (nSPS) is 11.8. The molecule has 194 valence electrons. The molecule has 0 aliphatic carbocycles. The minimum Gasteiger partial charge on any atom is -0.494 e. The lowest BCUT2D eigenvalue weighted by Crippen LogP contribution is -2.16. The van der Waals surface area contributed by atoms with Crippen molar-refractivity contribution in [2.75, 3.05) is 17.7 Å². The summed E-state index contributed by atoms with van der Waals surface area (Å²) in [6, 6.07) is 15.2. The Bertz CT molecular complexity index is 1470. The number of nitrogens with one attached hydrogen (secondary N) is 1. The van der Waals surface area contributed by atoms with Gasteiger partial charge in [-0.15, -0.1) is 0 Å². The number of aliphatic hydroxyl groups is 1. The minimum absolute atomic E-state index is 0.149. The first-order chi connectivity index (χ1) is 18.4. The van der Waals surface area contributed by atoms with Crippen LogP contribution in [0.25, 0.3) is 11.4 Å². The third-order valence-corrected chi connectivity index (χ3v) is 7.17. The average Bonchev–Trinajstić information content (AvgIpc) is 2.93. The van der Waals surface area contributed by atoms with Crippen molar-refractivity contribution in [1.29, 1.82) is 0 Å². The van der Waals surface area contributed by atoms with E-state index in [9.17, 15) is 9.90 Å². The molecule has 0 saturated carbocycles. The lowest BCUT2D eigenvalue weighted by molar-refractivity contribution is -0.113. The fourth-order valence-corrected chi connectivity index (χ4v) is 5.00. The topological polar surface area (TPSA) is 106 Å². The van der Waals surface area contributed by atoms with Crippen molar-refractivity contribution in [1.82, 2.24) is 15.0 Å². The summed E-state index contributed by atoms with van der Waals surface area (Å²) in [7, 11) is 0. The van der Waals surface area contributed by atoms with Gasteiger partial charge >= 0.3 is 0 Å². The molecule has 1 aliphatic heterocycles. The van der Waals surface area contributed by atoms with E-state index in [2.05, 4.69) is 10.3 Å². The maximum absolute atomic E-state index is 12.8. The molecule has 1 aliphatic rings. The molecule has 2 aromatic heterocycles. The second kappa shape index (κ2) is 11.2. The van der Waals surface area contributed by atoms with Gasteiger partial charge < -0.3 is 19.9 Å². The van der Waals surface area contributed by atoms with Crippen LogP contribution in [0.15, 0.2) is 59.8 Å². The number of nitrogens with zero attached hydrogens (tertiary/aromatic N) is 3. The molecule has 38 heavy (non-hydrogen) atoms. The Kier molecular flexibility index (Phi) is 7.57. The SMILES string of the molecule is CCOc1ccc(NC(=O)CSc2nc(-c3ccc(C)cc3)nc3c2Cc2c(CO)cnc(C)c2O3)cc1. The van der Waals surface area contributed by atoms with Crippen LogP contribution < -0.4 is 14.8 Å². The second-order valence-corrected chi connectivity index (χ2v) is 9.87. The molecule has 5 rings (SSSR count). The number of thioether (sulfide) groups is 1. The predicted octanol–water partition coefficient (Wildman–Crippen LogP) is 5.47. The van der Waals surface area contributed by atoms with Crippen molar-refractivity contribution in [3.63, 3.8) is 0 Å². The van der Waals surface area contributed by atoms with Crippen LogP contribution in [-0.4, -0.2) is 38.3 Å². The average molecular weight is 529 g/mol. The summed E-state index contributed by atoms with van der Waals surface area (Å²) in [4.78, 5) is 26.8. The van der Waals surface area contributed by atoms with Gasteiger partial charge in [-0.25, -0.2) is 4.98 Å². The summed E-state index contributed by atoms with van der Waals surface area (Å²) in [5, 5.41) is 13.5. The molecule has 0 saturated heterocycles. The number of benzene rings is 2. The number of carbonyl (C=O) groups excluding carboxylic acids is 1. The monoisotopic (exact) mass is 528 g/mol. The lowest BCUT2D eigenvalue weighted by atomic mass is 9.99. The highest BCUT2D eigenvalue weighted by molar-refractivity contribution is 8.00. The van der Waals surface area contributed by atoms with Gasteiger partial charge in [0.25, 0.3) is 0 Å². The van der Waals surface area contributed by atoms with Gasteiger partial charge in [-0.1, -0.05) is 41.6 Å². The Morgan fingerprint density at radius 2 is 1.84 bits per heavy atom. The van der Waals surface area contributed by atoms with Gasteiger partial charge in [0, 0.05) is 35.0 Å². The number of hydrogen-bond donors (Lipinski definition) is 2. The van der Waals surface area contributed by atoms with E-state index in [1.54, 1.807) is 6.20 Å². The molecule has 2 N–H and O–H groups in total. The molecule has 0 bridgehead atoms. The minimum atomic E-state index is -0.156. The number of anilines is 1. The summed E-state index contributed by atoms with van der Waals surface area (Å²) < 4.78 is 11.7. The van der Waals surface area contributed by atoms with E-state index in [-0.39, 0.29) is 18.3 Å². The zero-order valence-corrected chi connectivity index (χ0v) is 22.3. The maximum Gasteiger partial charge on any atom is 0.234 e. The molecule has 3 heterocycles. The van der Waals surface area contributed by atoms with E-state index in [0.717, 1.165) is 33.7 Å². The van der Waals surface area contributed by atoms with E-state index in [1.807, 2.05) is 69.3 Å². The molecule has 0 radical (unpaired) electrons. The van der Waals surface area contributed by atoms with Crippen LogP contribution in [0.1, 0.15) is 34.9 Å². The van der Waals surface area contributed by atoms with Gasteiger partial charge in [-0.3, -0.25) is 9.78 Å². The molecule has 1 amide bonds. The number of pyridine rings is 1. The number of aliphatic hydroxyl groups excluding tert-OH is 1. The molecule has 4 aromatic rings. The van der Waals surface area contributed by atoms with Crippen LogP contribution in [-0.2, 0) is 17.8 Å². The Morgan fingerprint density at radius 1 is 1.08 bits per heavy atom. The number of aromatic nitrogens is 3. The van der Waals surface area contributed by atoms with Gasteiger partial charge in [0.05, 0.1) is 30.2 Å². The molecular weight excluding hydrogens is 500 g/mol. The highest BCUT2D eigenvalue weighted by atomic mass is 32.2. The Labute approximate surface area is 225 Å². The quantitative estimate of drug-likeness (QED) is 0.202. The summed E-state index contributed by atoms with van der Waals surface area (Å²) in [6.45, 7) is 6.25. The van der Waals surface area contributed by atoms with E-state index < -0.39 is 0 Å². The molecular formula is C29H28N4O4S. The van der Waals surface area contributed by atoms with Crippen molar-refractivity contribution < 1.29 is 19.4 Å². The standard InChI is InChI=1S/C29H28N4O4S/c1-4-36-22-11-9-21(10-12-22)31-25(35)16-38-29-24-13-23-20(15-34)14-30-18(3)26(23)37-28(24)32-27(33-29)19-7-5-17(2)6-8-19/h5-12,14,34H,4,13,15-16H2,1-3H3,(H,31,35). The van der Waals surface area contributed by atoms with Crippen LogP contribution in [0.2, 0.25) is 0 Å². The van der Waals surface area contributed by atoms with Crippen LogP contribution in [0.5, 0.6) is 17.4 Å². The van der Waals surface area contributed by atoms with Crippen molar-refractivity contribution in [3.8, 4) is 28.8 Å². The summed E-state index contributed by atoms with van der Waals surface area (Å²) in [5.74, 6) is 2.32. The van der Waals surface area contributed by atoms with Crippen LogP contribution in [0.3, 0.4) is 0 Å². The van der Waals surface area contributed by atoms with E-state index >= 15 is 0 Å². The van der Waals surface area contributed by atoms with Crippen molar-refractivity contribution in [2.24, 2.45) is 0 Å². The summed E-state index contributed by atoms with van der Waals surface area (Å²) in [6.07, 6.45) is 2.14. The van der Waals surface area contributed by atoms with Crippen molar-refractivity contribution in [2.45, 2.75) is 38.8 Å². The third-order valence-electron chi connectivity index (χ3n) is 6.16. The number of aryl methyl sites for hydroxylation is 2. The fourth-order valence-electron chi connectivity index (χ4n) is 4.18. The number of fused-ring (bicyclic) bond motifs is 2. The van der Waals surface area contributed by atoms with Crippen LogP contribution >= 0.6 is 11.8 Å². The maximum atomic E-state index is 12.8. The third kappa shape index (κ3) is 5.49. The first kappa shape index (κ1) is 25.7. The van der Waals surface area contributed by atoms with Gasteiger partial charge in [0.15, 0.2) is 11.6 Å².